The zero-order chi connectivity index (χ0) is 7.07. The second-order valence-corrected chi connectivity index (χ2v) is 2.52. The van der Waals surface area contributed by atoms with Gasteiger partial charge in [0.2, 0.25) is 0 Å². The maximum atomic E-state index is 10.5. The molecule has 2 nitrogen and oxygen atoms in total. The first-order chi connectivity index (χ1) is 4.13. The van der Waals surface area contributed by atoms with E-state index in [0.717, 1.165) is 5.57 Å². The molecule has 0 aliphatic heterocycles. The predicted octanol–water partition coefficient (Wildman–Crippen LogP) is 1.43. The molecular formula is C7H10O2. The summed E-state index contributed by atoms with van der Waals surface area (Å²) in [6.07, 6.45) is 1.36. The van der Waals surface area contributed by atoms with E-state index in [2.05, 4.69) is 6.58 Å². The highest BCUT2D eigenvalue weighted by Crippen LogP contribution is 2.53. The molecule has 1 rings (SSSR count). The Kier molecular flexibility index (Phi) is 1.12. The minimum atomic E-state index is -0.713. The minimum Gasteiger partial charge on any atom is -0.481 e. The van der Waals surface area contributed by atoms with Crippen LogP contribution in [0.2, 0.25) is 0 Å². The van der Waals surface area contributed by atoms with Gasteiger partial charge >= 0.3 is 5.97 Å². The van der Waals surface area contributed by atoms with Gasteiger partial charge < -0.3 is 5.11 Å². The van der Waals surface area contributed by atoms with Crippen molar-refractivity contribution in [2.75, 3.05) is 0 Å². The number of hydrogen-bond acceptors (Lipinski definition) is 1. The summed E-state index contributed by atoms with van der Waals surface area (Å²) in [4.78, 5) is 10.5. The van der Waals surface area contributed by atoms with Crippen molar-refractivity contribution >= 4 is 5.97 Å². The van der Waals surface area contributed by atoms with Crippen molar-refractivity contribution in [1.82, 2.24) is 0 Å². The van der Waals surface area contributed by atoms with E-state index in [1.165, 1.54) is 0 Å². The van der Waals surface area contributed by atoms with Gasteiger partial charge in [0.05, 0.1) is 5.41 Å². The predicted molar refractivity (Wildman–Crippen MR) is 34.1 cm³/mol. The van der Waals surface area contributed by atoms with Gasteiger partial charge in [-0.1, -0.05) is 19.1 Å². The highest BCUT2D eigenvalue weighted by Gasteiger charge is 2.52. The van der Waals surface area contributed by atoms with Gasteiger partial charge in [0.25, 0.3) is 0 Å². The van der Waals surface area contributed by atoms with E-state index in [1.54, 1.807) is 0 Å². The lowest BCUT2D eigenvalue weighted by Gasteiger charge is -2.01. The second kappa shape index (κ2) is 1.59. The number of rotatable bonds is 2. The number of aliphatic carboxylic acids is 1. The molecule has 0 aromatic carbocycles. The summed E-state index contributed by atoms with van der Waals surface area (Å²) >= 11 is 0. The van der Waals surface area contributed by atoms with Crippen LogP contribution in [0.3, 0.4) is 0 Å². The number of carboxylic acid groups (broad SMARTS) is 1. The van der Waals surface area contributed by atoms with Crippen molar-refractivity contribution in [3.8, 4) is 0 Å². The van der Waals surface area contributed by atoms with Crippen LogP contribution in [0.15, 0.2) is 12.2 Å². The second-order valence-electron chi connectivity index (χ2n) is 2.52. The van der Waals surface area contributed by atoms with Crippen LogP contribution in [0.25, 0.3) is 0 Å². The lowest BCUT2D eigenvalue weighted by Crippen LogP contribution is -2.13. The molecule has 1 aliphatic rings. The molecule has 0 saturated heterocycles. The molecule has 1 saturated carbocycles. The molecule has 2 heteroatoms. The first-order valence-corrected chi connectivity index (χ1v) is 3.05. The Hall–Kier alpha value is -0.790. The molecule has 0 aromatic heterocycles. The fraction of sp³-hybridized carbons (Fsp3) is 0.571. The zero-order valence-electron chi connectivity index (χ0n) is 5.48. The van der Waals surface area contributed by atoms with Crippen LogP contribution in [0.4, 0.5) is 0 Å². The topological polar surface area (TPSA) is 37.3 Å². The Morgan fingerprint density at radius 3 is 2.44 bits per heavy atom. The quantitative estimate of drug-likeness (QED) is 0.568. The van der Waals surface area contributed by atoms with Crippen molar-refractivity contribution in [3.05, 3.63) is 12.2 Å². The van der Waals surface area contributed by atoms with E-state index >= 15 is 0 Å². The van der Waals surface area contributed by atoms with Gasteiger partial charge in [-0.3, -0.25) is 4.79 Å². The summed E-state index contributed by atoms with van der Waals surface area (Å²) < 4.78 is 0. The lowest BCUT2D eigenvalue weighted by atomic mass is 10.0. The van der Waals surface area contributed by atoms with E-state index in [-0.39, 0.29) is 0 Å². The Morgan fingerprint density at radius 1 is 2.00 bits per heavy atom. The maximum Gasteiger partial charge on any atom is 0.314 e. The molecule has 1 fully saturated rings. The van der Waals surface area contributed by atoms with Crippen LogP contribution < -0.4 is 0 Å². The van der Waals surface area contributed by atoms with E-state index in [4.69, 9.17) is 5.11 Å². The highest BCUT2D eigenvalue weighted by molar-refractivity contribution is 5.84. The first-order valence-electron chi connectivity index (χ1n) is 3.05. The Bertz CT molecular complexity index is 172. The number of hydrogen-bond donors (Lipinski definition) is 1. The molecule has 0 unspecified atom stereocenters. The van der Waals surface area contributed by atoms with Crippen molar-refractivity contribution in [3.63, 3.8) is 0 Å². The van der Waals surface area contributed by atoms with Gasteiger partial charge in [-0.15, -0.1) is 0 Å². The average Bonchev–Trinajstić information content (AvgIpc) is 2.43. The normalized spacial score (nSPS) is 32.3. The SMILES string of the molecule is C=C1C[C@@]1(CC)C(=O)O. The average molecular weight is 126 g/mol. The molecule has 9 heavy (non-hydrogen) atoms. The molecule has 0 aromatic rings. The lowest BCUT2D eigenvalue weighted by molar-refractivity contribution is -0.142. The fourth-order valence-corrected chi connectivity index (χ4v) is 1.07. The summed E-state index contributed by atoms with van der Waals surface area (Å²) in [7, 11) is 0. The molecule has 1 aliphatic carbocycles. The van der Waals surface area contributed by atoms with Crippen molar-refractivity contribution < 1.29 is 9.90 Å². The third-order valence-corrected chi connectivity index (χ3v) is 2.08. The Morgan fingerprint density at radius 2 is 2.44 bits per heavy atom. The molecule has 0 heterocycles. The summed E-state index contributed by atoms with van der Waals surface area (Å²) in [5, 5.41) is 8.61. The monoisotopic (exact) mass is 126 g/mol. The van der Waals surface area contributed by atoms with E-state index in [1.807, 2.05) is 6.92 Å². The van der Waals surface area contributed by atoms with Gasteiger partial charge in [-0.2, -0.15) is 0 Å². The zero-order valence-corrected chi connectivity index (χ0v) is 5.48. The van der Waals surface area contributed by atoms with Crippen LogP contribution in [0.1, 0.15) is 19.8 Å². The third kappa shape index (κ3) is 0.661. The molecule has 50 valence electrons. The summed E-state index contributed by atoms with van der Waals surface area (Å²) in [5.74, 6) is -0.713. The molecule has 1 atom stereocenters. The van der Waals surface area contributed by atoms with Gasteiger partial charge in [0.15, 0.2) is 0 Å². The first kappa shape index (κ1) is 6.33. The van der Waals surface area contributed by atoms with Gasteiger partial charge in [0, 0.05) is 0 Å². The Balaban J connectivity index is 2.74. The number of carboxylic acids is 1. The van der Waals surface area contributed by atoms with Crippen LogP contribution in [0.5, 0.6) is 0 Å². The summed E-state index contributed by atoms with van der Waals surface area (Å²) in [6.45, 7) is 5.51. The van der Waals surface area contributed by atoms with Crippen LogP contribution in [0, 0.1) is 5.41 Å². The molecule has 1 N–H and O–H groups in total. The largest absolute Gasteiger partial charge is 0.481 e. The molecule has 0 bridgehead atoms. The van der Waals surface area contributed by atoms with Crippen molar-refractivity contribution in [2.24, 2.45) is 5.41 Å². The Labute approximate surface area is 54.2 Å². The van der Waals surface area contributed by atoms with Crippen molar-refractivity contribution in [1.29, 1.82) is 0 Å². The van der Waals surface area contributed by atoms with Crippen LogP contribution in [-0.2, 0) is 4.79 Å². The molecular weight excluding hydrogens is 116 g/mol. The standard InChI is InChI=1S/C7H10O2/c1-3-7(6(8)9)4-5(7)2/h2-4H2,1H3,(H,8,9)/t7-/m1/s1. The molecule has 0 amide bonds. The van der Waals surface area contributed by atoms with E-state index in [9.17, 15) is 4.79 Å². The molecule has 0 spiro atoms. The third-order valence-electron chi connectivity index (χ3n) is 2.08. The van der Waals surface area contributed by atoms with Crippen LogP contribution >= 0.6 is 0 Å². The minimum absolute atomic E-state index is 0.528. The van der Waals surface area contributed by atoms with Crippen LogP contribution in [-0.4, -0.2) is 11.1 Å². The number of carbonyl (C=O) groups is 1. The maximum absolute atomic E-state index is 10.5. The highest BCUT2D eigenvalue weighted by atomic mass is 16.4. The molecule has 0 radical (unpaired) electrons. The van der Waals surface area contributed by atoms with Gasteiger partial charge in [-0.05, 0) is 12.8 Å². The van der Waals surface area contributed by atoms with Gasteiger partial charge in [0.1, 0.15) is 0 Å². The van der Waals surface area contributed by atoms with Crippen molar-refractivity contribution in [2.45, 2.75) is 19.8 Å². The van der Waals surface area contributed by atoms with Gasteiger partial charge in [-0.25, -0.2) is 0 Å². The summed E-state index contributed by atoms with van der Waals surface area (Å²) in [6, 6.07) is 0. The fourth-order valence-electron chi connectivity index (χ4n) is 1.07. The van der Waals surface area contributed by atoms with E-state index in [0.29, 0.717) is 12.8 Å². The summed E-state index contributed by atoms with van der Waals surface area (Å²) in [5.41, 5.74) is 0.345. The smallest absolute Gasteiger partial charge is 0.314 e. The van der Waals surface area contributed by atoms with E-state index < -0.39 is 11.4 Å².